The molecule has 0 aliphatic heterocycles. The molecule has 0 N–H and O–H groups in total. The summed E-state index contributed by atoms with van der Waals surface area (Å²) in [7, 11) is -3.19. The van der Waals surface area contributed by atoms with Gasteiger partial charge in [-0.1, -0.05) is 30.7 Å². The number of rotatable bonds is 6. The summed E-state index contributed by atoms with van der Waals surface area (Å²) in [5.74, 6) is 0.186. The Bertz CT molecular complexity index is 486. The summed E-state index contributed by atoms with van der Waals surface area (Å²) in [5.41, 5.74) is 0.913. The molecule has 1 rings (SSSR count). The van der Waals surface area contributed by atoms with Gasteiger partial charge in [0.25, 0.3) is 0 Å². The topological polar surface area (TPSA) is 37.4 Å². The minimum atomic E-state index is -3.19. The largest absolute Gasteiger partial charge is 0.214 e. The predicted molar refractivity (Wildman–Crippen MR) is 76.2 cm³/mol. The lowest BCUT2D eigenvalue weighted by Crippen LogP contribution is -2.37. The van der Waals surface area contributed by atoms with Gasteiger partial charge in [-0.2, -0.15) is 4.31 Å². The van der Waals surface area contributed by atoms with Gasteiger partial charge in [-0.15, -0.1) is 0 Å². The van der Waals surface area contributed by atoms with E-state index in [4.69, 9.17) is 11.6 Å². The van der Waals surface area contributed by atoms with Gasteiger partial charge in [0.05, 0.1) is 5.75 Å². The lowest BCUT2D eigenvalue weighted by molar-refractivity contribution is 0.348. The molecule has 0 bridgehead atoms. The molecule has 0 aliphatic rings. The van der Waals surface area contributed by atoms with Crippen LogP contribution < -0.4 is 0 Å². The molecular weight excluding hydrogens is 270 g/mol. The lowest BCUT2D eigenvalue weighted by Gasteiger charge is -2.25. The molecule has 18 heavy (non-hydrogen) atoms. The summed E-state index contributed by atoms with van der Waals surface area (Å²) in [4.78, 5) is 0. The Hall–Kier alpha value is -0.580. The molecule has 1 aromatic rings. The van der Waals surface area contributed by atoms with E-state index in [9.17, 15) is 8.42 Å². The van der Waals surface area contributed by atoms with Gasteiger partial charge in [0.1, 0.15) is 0 Å². The molecular formula is C13H20ClNO2S. The van der Waals surface area contributed by atoms with Crippen molar-refractivity contribution in [1.82, 2.24) is 4.31 Å². The van der Waals surface area contributed by atoms with Gasteiger partial charge in [-0.3, -0.25) is 0 Å². The fourth-order valence-corrected chi connectivity index (χ4v) is 3.74. The van der Waals surface area contributed by atoms with E-state index in [2.05, 4.69) is 0 Å². The number of sulfonamides is 1. The third-order valence-corrected chi connectivity index (χ3v) is 5.05. The molecule has 1 aromatic carbocycles. The van der Waals surface area contributed by atoms with Crippen molar-refractivity contribution in [3.05, 3.63) is 34.9 Å². The lowest BCUT2D eigenvalue weighted by atomic mass is 10.2. The smallest absolute Gasteiger partial charge is 0.212 e. The summed E-state index contributed by atoms with van der Waals surface area (Å²) >= 11 is 5.92. The zero-order valence-electron chi connectivity index (χ0n) is 11.1. The quantitative estimate of drug-likeness (QED) is 0.806. The molecule has 0 spiro atoms. The van der Waals surface area contributed by atoms with Crippen molar-refractivity contribution >= 4 is 21.6 Å². The monoisotopic (exact) mass is 289 g/mol. The predicted octanol–water partition coefficient (Wildman–Crippen LogP) is 3.29. The van der Waals surface area contributed by atoms with E-state index in [0.29, 0.717) is 18.0 Å². The van der Waals surface area contributed by atoms with Crippen molar-refractivity contribution in [3.8, 4) is 0 Å². The molecule has 5 heteroatoms. The van der Waals surface area contributed by atoms with Crippen molar-refractivity contribution in [1.29, 1.82) is 0 Å². The molecule has 0 aliphatic carbocycles. The highest BCUT2D eigenvalue weighted by Gasteiger charge is 2.24. The highest BCUT2D eigenvalue weighted by molar-refractivity contribution is 7.89. The highest BCUT2D eigenvalue weighted by Crippen LogP contribution is 2.17. The Balaban J connectivity index is 2.95. The van der Waals surface area contributed by atoms with Gasteiger partial charge in [-0.05, 0) is 38.0 Å². The van der Waals surface area contributed by atoms with Gasteiger partial charge in [0.15, 0.2) is 0 Å². The van der Waals surface area contributed by atoms with Crippen LogP contribution in [0.2, 0.25) is 5.02 Å². The zero-order chi connectivity index (χ0) is 13.8. The Morgan fingerprint density at radius 3 is 2.50 bits per heavy atom. The van der Waals surface area contributed by atoms with Crippen molar-refractivity contribution in [3.63, 3.8) is 0 Å². The second-order valence-electron chi connectivity index (χ2n) is 4.58. The number of benzene rings is 1. The standard InChI is InChI=1S/C13H20ClNO2S/c1-4-8-18(16,17)15(11(2)3)10-12-6-5-7-13(14)9-12/h5-7,9,11H,4,8,10H2,1-3H3. The first-order chi connectivity index (χ1) is 8.36. The molecule has 0 aromatic heterocycles. The van der Waals surface area contributed by atoms with E-state index in [0.717, 1.165) is 5.56 Å². The van der Waals surface area contributed by atoms with Gasteiger partial charge in [0.2, 0.25) is 10.0 Å². The molecule has 0 saturated carbocycles. The molecule has 0 saturated heterocycles. The molecule has 0 atom stereocenters. The van der Waals surface area contributed by atoms with Gasteiger partial charge >= 0.3 is 0 Å². The van der Waals surface area contributed by atoms with Crippen LogP contribution in [0.1, 0.15) is 32.8 Å². The summed E-state index contributed by atoms with van der Waals surface area (Å²) < 4.78 is 25.8. The normalized spacial score (nSPS) is 12.3. The zero-order valence-corrected chi connectivity index (χ0v) is 12.6. The van der Waals surface area contributed by atoms with Crippen molar-refractivity contribution in [2.45, 2.75) is 39.8 Å². The van der Waals surface area contributed by atoms with Crippen LogP contribution in [-0.2, 0) is 16.6 Å². The fraction of sp³-hybridized carbons (Fsp3) is 0.538. The van der Waals surface area contributed by atoms with Crippen molar-refractivity contribution < 1.29 is 8.42 Å². The summed E-state index contributed by atoms with van der Waals surface area (Å²) in [6.07, 6.45) is 0.626. The summed E-state index contributed by atoms with van der Waals surface area (Å²) in [5, 5.41) is 0.629. The van der Waals surface area contributed by atoms with Crippen LogP contribution in [0.5, 0.6) is 0 Å². The third kappa shape index (κ3) is 4.26. The molecule has 0 radical (unpaired) electrons. The molecule has 0 fully saturated rings. The summed E-state index contributed by atoms with van der Waals surface area (Å²) in [6.45, 7) is 6.02. The van der Waals surface area contributed by atoms with E-state index in [1.807, 2.05) is 32.9 Å². The van der Waals surface area contributed by atoms with E-state index in [1.54, 1.807) is 12.1 Å². The highest BCUT2D eigenvalue weighted by atomic mass is 35.5. The van der Waals surface area contributed by atoms with Gasteiger partial charge in [0, 0.05) is 17.6 Å². The van der Waals surface area contributed by atoms with Gasteiger partial charge in [-0.25, -0.2) is 8.42 Å². The first-order valence-electron chi connectivity index (χ1n) is 6.10. The molecule has 0 amide bonds. The van der Waals surface area contributed by atoms with Gasteiger partial charge < -0.3 is 0 Å². The van der Waals surface area contributed by atoms with Crippen LogP contribution in [0, 0.1) is 0 Å². The SMILES string of the molecule is CCCS(=O)(=O)N(Cc1cccc(Cl)c1)C(C)C. The Labute approximate surface area is 115 Å². The van der Waals surface area contributed by atoms with E-state index in [-0.39, 0.29) is 11.8 Å². The number of hydrogen-bond donors (Lipinski definition) is 0. The Kier molecular flexibility index (Phi) is 5.63. The maximum Gasteiger partial charge on any atom is 0.214 e. The van der Waals surface area contributed by atoms with Crippen LogP contribution in [0.4, 0.5) is 0 Å². The fourth-order valence-electron chi connectivity index (χ4n) is 1.79. The average molecular weight is 290 g/mol. The molecule has 0 unspecified atom stereocenters. The number of halogens is 1. The van der Waals surface area contributed by atoms with Crippen LogP contribution in [0.3, 0.4) is 0 Å². The van der Waals surface area contributed by atoms with Crippen LogP contribution >= 0.6 is 11.6 Å². The maximum absolute atomic E-state index is 12.2. The molecule has 0 heterocycles. The second-order valence-corrected chi connectivity index (χ2v) is 7.06. The first kappa shape index (κ1) is 15.5. The second kappa shape index (κ2) is 6.55. The maximum atomic E-state index is 12.2. The van der Waals surface area contributed by atoms with E-state index in [1.165, 1.54) is 4.31 Å². The number of hydrogen-bond acceptors (Lipinski definition) is 2. The molecule has 102 valence electrons. The van der Waals surface area contributed by atoms with Crippen molar-refractivity contribution in [2.75, 3.05) is 5.75 Å². The minimum absolute atomic E-state index is 0.0551. The van der Waals surface area contributed by atoms with Crippen molar-refractivity contribution in [2.24, 2.45) is 0 Å². The number of nitrogens with zero attached hydrogens (tertiary/aromatic N) is 1. The summed E-state index contributed by atoms with van der Waals surface area (Å²) in [6, 6.07) is 7.26. The third-order valence-electron chi connectivity index (χ3n) is 2.62. The Morgan fingerprint density at radius 1 is 1.33 bits per heavy atom. The van der Waals surface area contributed by atoms with E-state index >= 15 is 0 Å². The van der Waals surface area contributed by atoms with Crippen LogP contribution in [-0.4, -0.2) is 24.5 Å². The van der Waals surface area contributed by atoms with E-state index < -0.39 is 10.0 Å². The molecule has 3 nitrogen and oxygen atoms in total. The van der Waals surface area contributed by atoms with Crippen LogP contribution in [0.25, 0.3) is 0 Å². The average Bonchev–Trinajstić information content (AvgIpc) is 2.25. The Morgan fingerprint density at radius 2 is 2.00 bits per heavy atom. The minimum Gasteiger partial charge on any atom is -0.212 e. The first-order valence-corrected chi connectivity index (χ1v) is 8.09. The van der Waals surface area contributed by atoms with Crippen LogP contribution in [0.15, 0.2) is 24.3 Å².